The summed E-state index contributed by atoms with van der Waals surface area (Å²) in [5.41, 5.74) is 0. The first-order valence-electron chi connectivity index (χ1n) is 1.41. The van der Waals surface area contributed by atoms with Gasteiger partial charge in [0.15, 0.2) is 0 Å². The third-order valence-corrected chi connectivity index (χ3v) is 0. The van der Waals surface area contributed by atoms with Gasteiger partial charge in [0.05, 0.1) is 0 Å². The third-order valence-electron chi connectivity index (χ3n) is 0. The van der Waals surface area contributed by atoms with Crippen LogP contribution < -0.4 is 0 Å². The summed E-state index contributed by atoms with van der Waals surface area (Å²) in [7, 11) is 0. The predicted octanol–water partition coefficient (Wildman–Crippen LogP) is 1.68. The van der Waals surface area contributed by atoms with Crippen LogP contribution in [0.1, 0.15) is 13.8 Å². The molecule has 0 heterocycles. The minimum Gasteiger partial charge on any atom is -0.346 e. The van der Waals surface area contributed by atoms with Crippen molar-refractivity contribution in [3.8, 4) is 0 Å². The predicted molar refractivity (Wildman–Crippen MR) is 22.1 cm³/mol. The zero-order valence-electron chi connectivity index (χ0n) is 4.12. The summed E-state index contributed by atoms with van der Waals surface area (Å²) >= 11 is 0. The van der Waals surface area contributed by atoms with Crippen LogP contribution in [0.3, 0.4) is 0 Å². The van der Waals surface area contributed by atoms with Gasteiger partial charge in [-0.15, -0.1) is 0 Å². The SMILES string of the molecule is [59Zn+2].[CH2-]C.[CH2-]C. The summed E-state index contributed by atoms with van der Waals surface area (Å²) in [5, 5.41) is 0. The first-order chi connectivity index (χ1) is 2.00. The van der Waals surface area contributed by atoms with Crippen molar-refractivity contribution in [1.82, 2.24) is 0 Å². The monoisotopic (exact) mass is 117 g/mol. The van der Waals surface area contributed by atoms with Crippen LogP contribution in [0, 0.1) is 13.8 Å². The minimum absolute atomic E-state index is 0. The Morgan fingerprint density at radius 1 is 0.800 bits per heavy atom. The Morgan fingerprint density at radius 3 is 0.800 bits per heavy atom. The van der Waals surface area contributed by atoms with E-state index in [1.807, 2.05) is 0 Å². The molecule has 0 N–H and O–H groups in total. The molecule has 0 saturated heterocycles. The molecule has 28 valence electrons. The summed E-state index contributed by atoms with van der Waals surface area (Å²) in [6.07, 6.45) is 0. The van der Waals surface area contributed by atoms with Crippen LogP contribution in [0.2, 0.25) is 0 Å². The molecule has 0 atom stereocenters. The van der Waals surface area contributed by atoms with Crippen molar-refractivity contribution in [2.75, 3.05) is 0 Å². The standard InChI is InChI=1S/2C2H5.Zn/c2*1-2;/h2*1H2,2H3;/q2*-1;+2/i;;1-6. The molecule has 0 aliphatic rings. The molecule has 0 aromatic carbocycles. The molecule has 0 unspecified atom stereocenters. The maximum Gasteiger partial charge on any atom is 2.00 e. The van der Waals surface area contributed by atoms with Gasteiger partial charge in [-0.1, -0.05) is 0 Å². The molecule has 0 spiro atoms. The van der Waals surface area contributed by atoms with E-state index in [9.17, 15) is 0 Å². The van der Waals surface area contributed by atoms with Crippen molar-refractivity contribution >= 4 is 0 Å². The second-order valence-corrected chi connectivity index (χ2v) is 0. The molecule has 0 saturated carbocycles. The average molecular weight is 117 g/mol. The van der Waals surface area contributed by atoms with Crippen LogP contribution in [0.25, 0.3) is 0 Å². The molecule has 5 heavy (non-hydrogen) atoms. The van der Waals surface area contributed by atoms with Crippen LogP contribution in [-0.2, 0) is 19.5 Å². The first-order valence-corrected chi connectivity index (χ1v) is 1.41. The molecule has 0 aliphatic heterocycles. The fraction of sp³-hybridized carbons (Fsp3) is 0.500. The maximum atomic E-state index is 3.25. The van der Waals surface area contributed by atoms with Crippen LogP contribution in [0.15, 0.2) is 0 Å². The molecule has 0 rings (SSSR count). The zero-order valence-corrected chi connectivity index (χ0v) is 7.09. The maximum absolute atomic E-state index is 3.25. The molecule has 1 heteroatoms. The molecule has 0 nitrogen and oxygen atoms in total. The van der Waals surface area contributed by atoms with E-state index in [1.54, 1.807) is 13.8 Å². The molecule has 0 radical (unpaired) electrons. The van der Waals surface area contributed by atoms with Gasteiger partial charge in [0.25, 0.3) is 0 Å². The Hall–Kier alpha value is 0.623. The number of hydrogen-bond donors (Lipinski definition) is 0. The summed E-state index contributed by atoms with van der Waals surface area (Å²) in [5.74, 6) is 0. The Balaban J connectivity index is -0.0000000133. The summed E-state index contributed by atoms with van der Waals surface area (Å²) in [4.78, 5) is 0. The Bertz CT molecular complexity index is 3.61. The zero-order chi connectivity index (χ0) is 4.00. The second-order valence-electron chi connectivity index (χ2n) is 0. The summed E-state index contributed by atoms with van der Waals surface area (Å²) in [6.45, 7) is 10.0. The van der Waals surface area contributed by atoms with Crippen molar-refractivity contribution in [3.05, 3.63) is 13.8 Å². The van der Waals surface area contributed by atoms with Gasteiger partial charge in [-0.25, -0.2) is 0 Å². The topological polar surface area (TPSA) is 0 Å². The van der Waals surface area contributed by atoms with Gasteiger partial charge in [0, 0.05) is 0 Å². The van der Waals surface area contributed by atoms with E-state index in [-0.39, 0.29) is 19.5 Å². The largest absolute Gasteiger partial charge is 2.00 e. The van der Waals surface area contributed by atoms with Crippen molar-refractivity contribution in [1.29, 1.82) is 0 Å². The summed E-state index contributed by atoms with van der Waals surface area (Å²) in [6, 6.07) is 0. The molecule has 0 aromatic rings. The molecular formula is C4H10Zn. The Morgan fingerprint density at radius 2 is 0.800 bits per heavy atom. The Kier molecular flexibility index (Phi) is 546. The molecular weight excluding hydrogens is 107 g/mol. The van der Waals surface area contributed by atoms with E-state index in [4.69, 9.17) is 0 Å². The van der Waals surface area contributed by atoms with Crippen molar-refractivity contribution in [2.24, 2.45) is 0 Å². The van der Waals surface area contributed by atoms with E-state index in [1.165, 1.54) is 0 Å². The van der Waals surface area contributed by atoms with Crippen LogP contribution in [-0.4, -0.2) is 0 Å². The van der Waals surface area contributed by atoms with Gasteiger partial charge in [0.1, 0.15) is 0 Å². The molecule has 0 fully saturated rings. The molecule has 0 aromatic heterocycles. The van der Waals surface area contributed by atoms with Gasteiger partial charge >= 0.3 is 19.5 Å². The minimum atomic E-state index is 0. The van der Waals surface area contributed by atoms with E-state index < -0.39 is 0 Å². The van der Waals surface area contributed by atoms with E-state index in [0.29, 0.717) is 0 Å². The average Bonchev–Trinajstić information content (AvgIpc) is 1.50. The van der Waals surface area contributed by atoms with E-state index in [0.717, 1.165) is 0 Å². The fourth-order valence-electron chi connectivity index (χ4n) is 0. The number of rotatable bonds is 0. The van der Waals surface area contributed by atoms with Gasteiger partial charge < -0.3 is 13.8 Å². The van der Waals surface area contributed by atoms with Crippen molar-refractivity contribution < 1.29 is 19.5 Å². The summed E-state index contributed by atoms with van der Waals surface area (Å²) < 4.78 is 0. The van der Waals surface area contributed by atoms with Crippen LogP contribution in [0.5, 0.6) is 0 Å². The van der Waals surface area contributed by atoms with Gasteiger partial charge in [-0.05, 0) is 0 Å². The van der Waals surface area contributed by atoms with Crippen molar-refractivity contribution in [3.63, 3.8) is 0 Å². The molecule has 0 bridgehead atoms. The molecule has 0 amide bonds. The van der Waals surface area contributed by atoms with Gasteiger partial charge in [-0.2, -0.15) is 13.8 Å². The van der Waals surface area contributed by atoms with Crippen molar-refractivity contribution in [2.45, 2.75) is 13.8 Å². The van der Waals surface area contributed by atoms with Crippen LogP contribution >= 0.6 is 0 Å². The first kappa shape index (κ1) is 17.5. The van der Waals surface area contributed by atoms with Gasteiger partial charge in [0.2, 0.25) is 0 Å². The fourth-order valence-corrected chi connectivity index (χ4v) is 0. The van der Waals surface area contributed by atoms with E-state index >= 15 is 0 Å². The smallest absolute Gasteiger partial charge is 0.346 e. The number of hydrogen-bond acceptors (Lipinski definition) is 0. The third kappa shape index (κ3) is 81.9. The Labute approximate surface area is 47.7 Å². The second kappa shape index (κ2) is 156. The van der Waals surface area contributed by atoms with Gasteiger partial charge in [-0.3, -0.25) is 0 Å². The molecule has 0 aliphatic carbocycles. The van der Waals surface area contributed by atoms with Crippen LogP contribution in [0.4, 0.5) is 0 Å². The van der Waals surface area contributed by atoms with E-state index in [2.05, 4.69) is 13.8 Å². The quantitative estimate of drug-likeness (QED) is 0.334. The normalized spacial score (nSPS) is 2.40.